The molecule has 1 aliphatic rings. The van der Waals surface area contributed by atoms with E-state index in [1.165, 1.54) is 6.92 Å². The van der Waals surface area contributed by atoms with Gasteiger partial charge in [-0.15, -0.1) is 0 Å². The fraction of sp³-hybridized carbons (Fsp3) is 0.500. The molecule has 1 aliphatic heterocycles. The van der Waals surface area contributed by atoms with Crippen molar-refractivity contribution in [3.05, 3.63) is 0 Å². The molecule has 0 aromatic rings. The van der Waals surface area contributed by atoms with Crippen LogP contribution < -0.4 is 0 Å². The first kappa shape index (κ1) is 5.08. The fourth-order valence-electron chi connectivity index (χ4n) is 0.382. The minimum Gasteiger partial charge on any atom is -0.419 e. The zero-order valence-electron chi connectivity index (χ0n) is 4.21. The van der Waals surface area contributed by atoms with Gasteiger partial charge in [0.25, 0.3) is 0 Å². The topological polar surface area (TPSA) is 52.6 Å². The molecule has 4 nitrogen and oxygen atoms in total. The van der Waals surface area contributed by atoms with E-state index in [4.69, 9.17) is 0 Å². The van der Waals surface area contributed by atoms with Crippen LogP contribution in [0.25, 0.3) is 0 Å². The highest BCUT2D eigenvalue weighted by atomic mass is 16.8. The Morgan fingerprint density at radius 1 is 1.50 bits per heavy atom. The summed E-state index contributed by atoms with van der Waals surface area (Å²) in [4.78, 5) is 20.2. The Kier molecular flexibility index (Phi) is 0.932. The number of cyclic esters (lactones) is 3. The molecule has 0 unspecified atom stereocenters. The van der Waals surface area contributed by atoms with Gasteiger partial charge in [-0.25, -0.2) is 9.59 Å². The van der Waals surface area contributed by atoms with Crippen LogP contribution in [0.15, 0.2) is 0 Å². The highest BCUT2D eigenvalue weighted by Crippen LogP contribution is 2.05. The van der Waals surface area contributed by atoms with E-state index >= 15 is 0 Å². The maximum absolute atomic E-state index is 10.2. The molecular weight excluding hydrogens is 112 g/mol. The largest absolute Gasteiger partial charge is 0.517 e. The van der Waals surface area contributed by atoms with Gasteiger partial charge in [-0.2, -0.15) is 0 Å². The molecule has 0 N–H and O–H groups in total. The molecule has 0 amide bonds. The number of esters is 1. The predicted octanol–water partition coefficient (Wildman–Crippen LogP) is 0.0683. The van der Waals surface area contributed by atoms with Crippen molar-refractivity contribution in [2.24, 2.45) is 0 Å². The predicted molar refractivity (Wildman–Crippen MR) is 22.0 cm³/mol. The molecule has 4 heteroatoms. The minimum atomic E-state index is -0.900. The van der Waals surface area contributed by atoms with Gasteiger partial charge in [0.1, 0.15) is 0 Å². The minimum absolute atomic E-state index is 0.616. The molecule has 0 radical (unpaired) electrons. The van der Waals surface area contributed by atoms with Crippen LogP contribution in [-0.4, -0.2) is 18.2 Å². The second kappa shape index (κ2) is 1.47. The van der Waals surface area contributed by atoms with E-state index in [9.17, 15) is 9.59 Å². The fourth-order valence-corrected chi connectivity index (χ4v) is 0.382. The van der Waals surface area contributed by atoms with Gasteiger partial charge < -0.3 is 9.47 Å². The van der Waals surface area contributed by atoms with Crippen LogP contribution in [0, 0.1) is 0 Å². The molecular formula is C4H4O4. The van der Waals surface area contributed by atoms with Crippen LogP contribution in [0.3, 0.4) is 0 Å². The molecule has 8 heavy (non-hydrogen) atoms. The maximum Gasteiger partial charge on any atom is 0.517 e. The van der Waals surface area contributed by atoms with Crippen LogP contribution in [0.1, 0.15) is 6.92 Å². The van der Waals surface area contributed by atoms with E-state index in [0.29, 0.717) is 0 Å². The Labute approximate surface area is 45.4 Å². The third-order valence-electron chi connectivity index (χ3n) is 0.789. The van der Waals surface area contributed by atoms with E-state index in [1.54, 1.807) is 0 Å². The molecule has 1 atom stereocenters. The first-order valence-corrected chi connectivity index (χ1v) is 2.12. The smallest absolute Gasteiger partial charge is 0.419 e. The summed E-state index contributed by atoms with van der Waals surface area (Å²) < 4.78 is 8.24. The van der Waals surface area contributed by atoms with Crippen LogP contribution in [0.2, 0.25) is 0 Å². The van der Waals surface area contributed by atoms with Gasteiger partial charge in [0, 0.05) is 0 Å². The second-order valence-electron chi connectivity index (χ2n) is 1.43. The molecule has 0 saturated carbocycles. The number of rotatable bonds is 0. The standard InChI is InChI=1S/C4H4O4/c1-2-3(5)8-4(6)7-2/h2H,1H3/t2-/m0/s1. The first-order valence-electron chi connectivity index (χ1n) is 2.12. The highest BCUT2D eigenvalue weighted by molar-refractivity contribution is 5.90. The lowest BCUT2D eigenvalue weighted by atomic mass is 10.4. The van der Waals surface area contributed by atoms with Gasteiger partial charge in [-0.05, 0) is 6.92 Å². The monoisotopic (exact) mass is 116 g/mol. The number of carbonyl (C=O) groups excluding carboxylic acids is 2. The Balaban J connectivity index is 2.64. The number of hydrogen-bond donors (Lipinski definition) is 0. The molecule has 44 valence electrons. The summed E-state index contributed by atoms with van der Waals surface area (Å²) >= 11 is 0. The lowest BCUT2D eigenvalue weighted by Gasteiger charge is -1.88. The van der Waals surface area contributed by atoms with Gasteiger partial charge in [0.15, 0.2) is 6.10 Å². The Morgan fingerprint density at radius 3 is 2.25 bits per heavy atom. The van der Waals surface area contributed by atoms with E-state index in [-0.39, 0.29) is 0 Å². The average Bonchev–Trinajstić information content (AvgIpc) is 1.85. The molecule has 0 aromatic heterocycles. The molecule has 1 fully saturated rings. The van der Waals surface area contributed by atoms with Crippen molar-refractivity contribution in [1.82, 2.24) is 0 Å². The molecule has 0 bridgehead atoms. The van der Waals surface area contributed by atoms with Gasteiger partial charge in [-0.3, -0.25) is 0 Å². The molecule has 1 heterocycles. The zero-order valence-corrected chi connectivity index (χ0v) is 4.21. The van der Waals surface area contributed by atoms with Gasteiger partial charge in [-0.1, -0.05) is 0 Å². The summed E-state index contributed by atoms with van der Waals surface area (Å²) in [7, 11) is 0. The summed E-state index contributed by atoms with van der Waals surface area (Å²) in [5.74, 6) is -0.616. The van der Waals surface area contributed by atoms with Crippen LogP contribution in [0.5, 0.6) is 0 Å². The van der Waals surface area contributed by atoms with Crippen molar-refractivity contribution in [3.8, 4) is 0 Å². The summed E-state index contributed by atoms with van der Waals surface area (Å²) in [5.41, 5.74) is 0. The molecule has 0 aromatic carbocycles. The van der Waals surface area contributed by atoms with E-state index in [0.717, 1.165) is 0 Å². The Hall–Kier alpha value is -1.06. The number of ether oxygens (including phenoxy) is 2. The summed E-state index contributed by atoms with van der Waals surface area (Å²) in [6, 6.07) is 0. The van der Waals surface area contributed by atoms with Crippen molar-refractivity contribution in [2.45, 2.75) is 13.0 Å². The van der Waals surface area contributed by atoms with Crippen molar-refractivity contribution in [2.75, 3.05) is 0 Å². The van der Waals surface area contributed by atoms with Gasteiger partial charge in [0.2, 0.25) is 0 Å². The van der Waals surface area contributed by atoms with Crippen LogP contribution in [0.4, 0.5) is 4.79 Å². The third-order valence-corrected chi connectivity index (χ3v) is 0.789. The summed E-state index contributed by atoms with van der Waals surface area (Å²) in [6.45, 7) is 1.45. The molecule has 0 spiro atoms. The Bertz CT molecular complexity index is 139. The van der Waals surface area contributed by atoms with E-state index < -0.39 is 18.2 Å². The van der Waals surface area contributed by atoms with E-state index in [2.05, 4.69) is 9.47 Å². The summed E-state index contributed by atoms with van der Waals surface area (Å²) in [5, 5.41) is 0. The van der Waals surface area contributed by atoms with Crippen LogP contribution >= 0.6 is 0 Å². The maximum atomic E-state index is 10.2. The average molecular weight is 116 g/mol. The normalized spacial score (nSPS) is 27.4. The zero-order chi connectivity index (χ0) is 6.15. The third kappa shape index (κ3) is 0.641. The van der Waals surface area contributed by atoms with Crippen molar-refractivity contribution >= 4 is 12.1 Å². The quantitative estimate of drug-likeness (QED) is 0.332. The summed E-state index contributed by atoms with van der Waals surface area (Å²) in [6.07, 6.45) is -1.62. The first-order chi connectivity index (χ1) is 3.70. The lowest BCUT2D eigenvalue weighted by Crippen LogP contribution is -2.09. The van der Waals surface area contributed by atoms with Gasteiger partial charge >= 0.3 is 12.1 Å². The Morgan fingerprint density at radius 2 is 2.12 bits per heavy atom. The van der Waals surface area contributed by atoms with E-state index in [1.807, 2.05) is 0 Å². The van der Waals surface area contributed by atoms with Crippen LogP contribution in [-0.2, 0) is 14.3 Å². The SMILES string of the molecule is C[C@@H]1OC(=O)OC1=O. The molecule has 1 saturated heterocycles. The van der Waals surface area contributed by atoms with Crippen molar-refractivity contribution in [3.63, 3.8) is 0 Å². The van der Waals surface area contributed by atoms with Gasteiger partial charge in [0.05, 0.1) is 0 Å². The van der Waals surface area contributed by atoms with Crippen molar-refractivity contribution in [1.29, 1.82) is 0 Å². The second-order valence-corrected chi connectivity index (χ2v) is 1.43. The molecule has 0 aliphatic carbocycles. The van der Waals surface area contributed by atoms with Crippen molar-refractivity contribution < 1.29 is 19.1 Å². The lowest BCUT2D eigenvalue weighted by molar-refractivity contribution is -0.136. The molecule has 1 rings (SSSR count). The number of hydrogen-bond acceptors (Lipinski definition) is 4. The highest BCUT2D eigenvalue weighted by Gasteiger charge is 2.30. The number of carbonyl (C=O) groups is 2.